The first kappa shape index (κ1) is 24.5. The van der Waals surface area contributed by atoms with Crippen molar-refractivity contribution in [1.29, 1.82) is 0 Å². The average molecular weight is 488 g/mol. The summed E-state index contributed by atoms with van der Waals surface area (Å²) in [6.07, 6.45) is 0.642. The lowest BCUT2D eigenvalue weighted by Crippen LogP contribution is -2.47. The Morgan fingerprint density at radius 2 is 1.71 bits per heavy atom. The van der Waals surface area contributed by atoms with Crippen LogP contribution in [0.25, 0.3) is 23.2 Å². The molecule has 4 rings (SSSR count). The number of oxazole rings is 3. The molecule has 3 aromatic rings. The lowest BCUT2D eigenvalue weighted by molar-refractivity contribution is -0.0634. The van der Waals surface area contributed by atoms with Crippen LogP contribution in [0, 0.1) is 13.8 Å². The van der Waals surface area contributed by atoms with Gasteiger partial charge in [0.05, 0.1) is 13.7 Å². The Morgan fingerprint density at radius 1 is 1.06 bits per heavy atom. The summed E-state index contributed by atoms with van der Waals surface area (Å²) >= 11 is 0. The summed E-state index contributed by atoms with van der Waals surface area (Å²) in [6, 6.07) is -0.614. The van der Waals surface area contributed by atoms with Crippen LogP contribution >= 0.6 is 0 Å². The molecule has 0 unspecified atom stereocenters. The number of carbonyl (C=O) groups excluding carboxylic acids is 2. The molecular weight excluding hydrogens is 460 g/mol. The lowest BCUT2D eigenvalue weighted by atomic mass is 10.2. The van der Waals surface area contributed by atoms with Crippen LogP contribution < -0.4 is 0 Å². The standard InChI is InChI=1S/C23H28N4O8/c1-11-15(18-24-13(9-31-18)20(28)30-8)26-19(34-11)16-12(2)33-17(25-16)14-10-32-23(6,7)27(14)21(29)35-22(3,4)5/h9,14H,10H2,1-8H3/t14-/m0/s1. The van der Waals surface area contributed by atoms with Gasteiger partial charge in [-0.3, -0.25) is 4.90 Å². The zero-order valence-electron chi connectivity index (χ0n) is 20.9. The average Bonchev–Trinajstić information content (AvgIpc) is 3.51. The molecular formula is C23H28N4O8. The Kier molecular flexibility index (Phi) is 5.95. The van der Waals surface area contributed by atoms with Gasteiger partial charge >= 0.3 is 12.1 Å². The number of ether oxygens (including phenoxy) is 3. The maximum atomic E-state index is 13.0. The Balaban J connectivity index is 1.65. The summed E-state index contributed by atoms with van der Waals surface area (Å²) in [4.78, 5) is 39.2. The summed E-state index contributed by atoms with van der Waals surface area (Å²) in [5, 5.41) is 0. The normalized spacial score (nSPS) is 17.6. The van der Waals surface area contributed by atoms with E-state index in [-0.39, 0.29) is 30.0 Å². The third kappa shape index (κ3) is 4.65. The number of rotatable bonds is 4. The van der Waals surface area contributed by atoms with E-state index in [9.17, 15) is 9.59 Å². The van der Waals surface area contributed by atoms with Crippen LogP contribution in [-0.4, -0.2) is 57.0 Å². The first-order valence-electron chi connectivity index (χ1n) is 11.0. The number of methoxy groups -OCH3 is 1. The van der Waals surface area contributed by atoms with E-state index in [0.29, 0.717) is 22.9 Å². The molecule has 1 amide bonds. The van der Waals surface area contributed by atoms with Crippen molar-refractivity contribution < 1.29 is 37.1 Å². The first-order chi connectivity index (χ1) is 16.3. The quantitative estimate of drug-likeness (QED) is 0.481. The van der Waals surface area contributed by atoms with Crippen molar-refractivity contribution >= 4 is 12.1 Å². The van der Waals surface area contributed by atoms with Crippen molar-refractivity contribution in [2.75, 3.05) is 13.7 Å². The Hall–Kier alpha value is -3.67. The monoisotopic (exact) mass is 488 g/mol. The molecule has 0 radical (unpaired) electrons. The van der Waals surface area contributed by atoms with Crippen molar-refractivity contribution in [3.63, 3.8) is 0 Å². The zero-order valence-corrected chi connectivity index (χ0v) is 20.9. The van der Waals surface area contributed by atoms with Gasteiger partial charge in [0.15, 0.2) is 17.1 Å². The summed E-state index contributed by atoms with van der Waals surface area (Å²) in [7, 11) is 1.25. The van der Waals surface area contributed by atoms with Gasteiger partial charge in [-0.1, -0.05) is 0 Å². The van der Waals surface area contributed by atoms with Crippen molar-refractivity contribution in [2.45, 2.75) is 65.8 Å². The maximum Gasteiger partial charge on any atom is 0.413 e. The molecule has 1 aliphatic rings. The van der Waals surface area contributed by atoms with E-state index in [1.54, 1.807) is 48.5 Å². The van der Waals surface area contributed by atoms with Crippen LogP contribution in [0.1, 0.15) is 68.6 Å². The van der Waals surface area contributed by atoms with Gasteiger partial charge in [0, 0.05) is 0 Å². The SMILES string of the molecule is COC(=O)c1coc(-c2nc(-c3nc([C@@H]4COC(C)(C)N4C(=O)OC(C)(C)C)oc3C)oc2C)n1. The van der Waals surface area contributed by atoms with Crippen LogP contribution in [0.2, 0.25) is 0 Å². The number of esters is 1. The van der Waals surface area contributed by atoms with Gasteiger partial charge in [0.2, 0.25) is 17.7 Å². The third-order valence-electron chi connectivity index (χ3n) is 5.28. The molecule has 1 fully saturated rings. The van der Waals surface area contributed by atoms with Crippen LogP contribution in [-0.2, 0) is 14.2 Å². The molecule has 35 heavy (non-hydrogen) atoms. The van der Waals surface area contributed by atoms with Gasteiger partial charge < -0.3 is 27.5 Å². The summed E-state index contributed by atoms with van der Waals surface area (Å²) in [5.74, 6) is 0.739. The van der Waals surface area contributed by atoms with Crippen LogP contribution in [0.3, 0.4) is 0 Å². The summed E-state index contributed by atoms with van der Waals surface area (Å²) < 4.78 is 33.2. The molecule has 12 heteroatoms. The fourth-order valence-corrected chi connectivity index (χ4v) is 3.68. The molecule has 188 valence electrons. The molecule has 3 aromatic heterocycles. The smallest absolute Gasteiger partial charge is 0.413 e. The van der Waals surface area contributed by atoms with E-state index in [4.69, 9.17) is 22.7 Å². The summed E-state index contributed by atoms with van der Waals surface area (Å²) in [6.45, 7) is 12.5. The maximum absolute atomic E-state index is 13.0. The fraction of sp³-hybridized carbons (Fsp3) is 0.522. The topological polar surface area (TPSA) is 143 Å². The molecule has 4 heterocycles. The van der Waals surface area contributed by atoms with Crippen LogP contribution in [0.4, 0.5) is 4.79 Å². The van der Waals surface area contributed by atoms with Crippen molar-refractivity contribution in [3.8, 4) is 23.2 Å². The predicted octanol–water partition coefficient (Wildman–Crippen LogP) is 4.43. The molecule has 0 aromatic carbocycles. The predicted molar refractivity (Wildman–Crippen MR) is 119 cm³/mol. The minimum Gasteiger partial charge on any atom is -0.464 e. The van der Waals surface area contributed by atoms with Crippen molar-refractivity contribution in [3.05, 3.63) is 29.4 Å². The van der Waals surface area contributed by atoms with E-state index < -0.39 is 29.4 Å². The second-order valence-electron chi connectivity index (χ2n) is 9.53. The highest BCUT2D eigenvalue weighted by Crippen LogP contribution is 2.39. The Labute approximate surface area is 201 Å². The zero-order chi connectivity index (χ0) is 25.7. The third-order valence-corrected chi connectivity index (χ3v) is 5.28. The van der Waals surface area contributed by atoms with E-state index in [1.807, 2.05) is 0 Å². The molecule has 0 aliphatic carbocycles. The van der Waals surface area contributed by atoms with Gasteiger partial charge in [0.25, 0.3) is 0 Å². The fourth-order valence-electron chi connectivity index (χ4n) is 3.68. The molecule has 1 saturated heterocycles. The van der Waals surface area contributed by atoms with E-state index in [2.05, 4.69) is 19.7 Å². The second kappa shape index (κ2) is 8.52. The lowest BCUT2D eigenvalue weighted by Gasteiger charge is -2.34. The highest BCUT2D eigenvalue weighted by molar-refractivity contribution is 5.87. The molecule has 1 atom stereocenters. The second-order valence-corrected chi connectivity index (χ2v) is 9.53. The Bertz CT molecular complexity index is 1260. The van der Waals surface area contributed by atoms with E-state index >= 15 is 0 Å². The van der Waals surface area contributed by atoms with Crippen LogP contribution in [0.5, 0.6) is 0 Å². The van der Waals surface area contributed by atoms with Crippen LogP contribution in [0.15, 0.2) is 19.5 Å². The minimum absolute atomic E-state index is 0.0115. The largest absolute Gasteiger partial charge is 0.464 e. The first-order valence-corrected chi connectivity index (χ1v) is 11.0. The summed E-state index contributed by atoms with van der Waals surface area (Å²) in [5.41, 5.74) is -0.942. The minimum atomic E-state index is -0.926. The van der Waals surface area contributed by atoms with Gasteiger partial charge in [-0.25, -0.2) is 24.5 Å². The molecule has 12 nitrogen and oxygen atoms in total. The highest BCUT2D eigenvalue weighted by atomic mass is 16.6. The van der Waals surface area contributed by atoms with Gasteiger partial charge in [-0.2, -0.15) is 0 Å². The number of amides is 1. The highest BCUT2D eigenvalue weighted by Gasteiger charge is 2.48. The molecule has 0 saturated carbocycles. The van der Waals surface area contributed by atoms with Gasteiger partial charge in [-0.15, -0.1) is 0 Å². The number of nitrogens with zero attached hydrogens (tertiary/aromatic N) is 4. The number of aromatic nitrogens is 3. The van der Waals surface area contributed by atoms with E-state index in [0.717, 1.165) is 0 Å². The number of aryl methyl sites for hydroxylation is 2. The molecule has 0 bridgehead atoms. The molecule has 1 aliphatic heterocycles. The van der Waals surface area contributed by atoms with Crippen molar-refractivity contribution in [2.24, 2.45) is 0 Å². The van der Waals surface area contributed by atoms with Gasteiger partial charge in [0.1, 0.15) is 35.2 Å². The van der Waals surface area contributed by atoms with Gasteiger partial charge in [-0.05, 0) is 48.5 Å². The number of hydrogen-bond donors (Lipinski definition) is 0. The molecule has 0 spiro atoms. The van der Waals surface area contributed by atoms with Crippen molar-refractivity contribution in [1.82, 2.24) is 19.9 Å². The number of hydrogen-bond acceptors (Lipinski definition) is 11. The number of carbonyl (C=O) groups is 2. The van der Waals surface area contributed by atoms with E-state index in [1.165, 1.54) is 18.3 Å². The molecule has 0 N–H and O–H groups in total. The Morgan fingerprint density at radius 3 is 2.37 bits per heavy atom.